The van der Waals surface area contributed by atoms with E-state index >= 15 is 0 Å². The van der Waals surface area contributed by atoms with Gasteiger partial charge in [-0.05, 0) is 13.3 Å². The molecule has 0 aromatic carbocycles. The van der Waals surface area contributed by atoms with Crippen molar-refractivity contribution in [3.63, 3.8) is 0 Å². The fraction of sp³-hybridized carbons (Fsp3) is 0.556. The van der Waals surface area contributed by atoms with Crippen LogP contribution < -0.4 is 14.8 Å². The molecule has 1 rings (SSSR count). The predicted octanol–water partition coefficient (Wildman–Crippen LogP) is 2.48. The standard InChI is InChI=1S/C18H26N2O7/c1-4-6-7-8-9-26-17(22)13-10-14(24-3)16(19-11-13)27-18(23)20-12-15(21)25-5-2/h10-11H,4-9,12H2,1-3H3,(H,20,23). The Morgan fingerprint density at radius 1 is 1.11 bits per heavy atom. The van der Waals surface area contributed by atoms with Gasteiger partial charge in [-0.25, -0.2) is 14.6 Å². The Bertz CT molecular complexity index is 634. The number of methoxy groups -OCH3 is 1. The number of carbonyl (C=O) groups excluding carboxylic acids is 3. The van der Waals surface area contributed by atoms with Crippen LogP contribution in [0.1, 0.15) is 49.9 Å². The van der Waals surface area contributed by atoms with Gasteiger partial charge in [0.2, 0.25) is 0 Å². The third-order valence-corrected chi connectivity index (χ3v) is 3.38. The monoisotopic (exact) mass is 382 g/mol. The highest BCUT2D eigenvalue weighted by Gasteiger charge is 2.17. The first-order chi connectivity index (χ1) is 13.0. The minimum atomic E-state index is -0.903. The van der Waals surface area contributed by atoms with E-state index in [1.807, 2.05) is 0 Å². The van der Waals surface area contributed by atoms with E-state index in [1.165, 1.54) is 19.4 Å². The van der Waals surface area contributed by atoms with E-state index in [0.29, 0.717) is 6.61 Å². The van der Waals surface area contributed by atoms with E-state index in [0.717, 1.165) is 25.7 Å². The van der Waals surface area contributed by atoms with Crippen molar-refractivity contribution in [2.45, 2.75) is 39.5 Å². The van der Waals surface area contributed by atoms with Crippen LogP contribution in [0.3, 0.4) is 0 Å². The van der Waals surface area contributed by atoms with Gasteiger partial charge in [0, 0.05) is 12.3 Å². The topological polar surface area (TPSA) is 113 Å². The zero-order valence-corrected chi connectivity index (χ0v) is 15.9. The Morgan fingerprint density at radius 2 is 1.89 bits per heavy atom. The molecule has 0 aliphatic carbocycles. The van der Waals surface area contributed by atoms with E-state index in [4.69, 9.17) is 14.2 Å². The molecule has 0 bridgehead atoms. The summed E-state index contributed by atoms with van der Waals surface area (Å²) in [6, 6.07) is 1.37. The number of aromatic nitrogens is 1. The second-order valence-electron chi connectivity index (χ2n) is 5.48. The highest BCUT2D eigenvalue weighted by molar-refractivity contribution is 5.89. The molecule has 0 aliphatic heterocycles. The maximum Gasteiger partial charge on any atom is 0.414 e. The average Bonchev–Trinajstić information content (AvgIpc) is 2.66. The van der Waals surface area contributed by atoms with E-state index in [2.05, 4.69) is 22.0 Å². The van der Waals surface area contributed by atoms with Crippen LogP contribution in [-0.4, -0.2) is 49.9 Å². The van der Waals surface area contributed by atoms with Gasteiger partial charge in [0.05, 0.1) is 25.9 Å². The lowest BCUT2D eigenvalue weighted by atomic mass is 10.2. The van der Waals surface area contributed by atoms with Gasteiger partial charge in [-0.1, -0.05) is 26.2 Å². The molecular formula is C18H26N2O7. The molecule has 0 saturated carbocycles. The lowest BCUT2D eigenvalue weighted by Crippen LogP contribution is -2.33. The van der Waals surface area contributed by atoms with Crippen molar-refractivity contribution in [2.75, 3.05) is 26.9 Å². The number of carbonyl (C=O) groups is 3. The summed E-state index contributed by atoms with van der Waals surface area (Å²) in [5, 5.41) is 2.23. The number of ether oxygens (including phenoxy) is 4. The number of rotatable bonds is 11. The molecule has 0 aliphatic rings. The molecule has 1 aromatic rings. The molecule has 0 saturated heterocycles. The summed E-state index contributed by atoms with van der Waals surface area (Å²) in [5.74, 6) is -1.18. The molecule has 1 amide bonds. The molecule has 27 heavy (non-hydrogen) atoms. The number of nitrogens with one attached hydrogen (secondary N) is 1. The van der Waals surface area contributed by atoms with Crippen molar-refractivity contribution in [1.29, 1.82) is 0 Å². The Labute approximate surface area is 158 Å². The van der Waals surface area contributed by atoms with E-state index < -0.39 is 18.0 Å². The third kappa shape index (κ3) is 8.39. The van der Waals surface area contributed by atoms with Crippen LogP contribution in [0.2, 0.25) is 0 Å². The molecule has 0 atom stereocenters. The van der Waals surface area contributed by atoms with E-state index in [9.17, 15) is 14.4 Å². The predicted molar refractivity (Wildman–Crippen MR) is 95.9 cm³/mol. The van der Waals surface area contributed by atoms with Crippen LogP contribution in [0.5, 0.6) is 11.6 Å². The van der Waals surface area contributed by atoms with Crippen molar-refractivity contribution >= 4 is 18.0 Å². The van der Waals surface area contributed by atoms with Gasteiger partial charge in [-0.2, -0.15) is 0 Å². The zero-order chi connectivity index (χ0) is 20.1. The lowest BCUT2D eigenvalue weighted by molar-refractivity contribution is -0.141. The molecule has 9 heteroatoms. The van der Waals surface area contributed by atoms with Crippen molar-refractivity contribution in [2.24, 2.45) is 0 Å². The summed E-state index contributed by atoms with van der Waals surface area (Å²) < 4.78 is 19.9. The van der Waals surface area contributed by atoms with Gasteiger partial charge in [-0.15, -0.1) is 0 Å². The first-order valence-corrected chi connectivity index (χ1v) is 8.84. The van der Waals surface area contributed by atoms with Gasteiger partial charge < -0.3 is 24.3 Å². The van der Waals surface area contributed by atoms with Crippen molar-refractivity contribution in [3.8, 4) is 11.6 Å². The number of unbranched alkanes of at least 4 members (excludes halogenated alkanes) is 3. The van der Waals surface area contributed by atoms with Gasteiger partial charge in [0.25, 0.3) is 5.88 Å². The molecule has 9 nitrogen and oxygen atoms in total. The summed E-state index contributed by atoms with van der Waals surface area (Å²) in [4.78, 5) is 38.8. The summed E-state index contributed by atoms with van der Waals surface area (Å²) in [7, 11) is 1.35. The first kappa shape index (κ1) is 22.2. The van der Waals surface area contributed by atoms with Crippen molar-refractivity contribution < 1.29 is 33.3 Å². The van der Waals surface area contributed by atoms with Gasteiger partial charge in [0.1, 0.15) is 6.54 Å². The second-order valence-corrected chi connectivity index (χ2v) is 5.48. The molecule has 1 heterocycles. The first-order valence-electron chi connectivity index (χ1n) is 8.84. The van der Waals surface area contributed by atoms with Gasteiger partial charge in [-0.3, -0.25) is 4.79 Å². The Kier molecular flexibility index (Phi) is 10.3. The molecule has 1 aromatic heterocycles. The van der Waals surface area contributed by atoms with Crippen molar-refractivity contribution in [3.05, 3.63) is 17.8 Å². The number of amides is 1. The van der Waals surface area contributed by atoms with Gasteiger partial charge >= 0.3 is 18.0 Å². The van der Waals surface area contributed by atoms with E-state index in [1.54, 1.807) is 6.92 Å². The van der Waals surface area contributed by atoms with Crippen LogP contribution in [0.25, 0.3) is 0 Å². The Morgan fingerprint density at radius 3 is 2.56 bits per heavy atom. The minimum absolute atomic E-state index is 0.0849. The Hall–Kier alpha value is -2.84. The number of hydrogen-bond donors (Lipinski definition) is 1. The molecule has 0 fully saturated rings. The number of esters is 2. The molecular weight excluding hydrogens is 356 g/mol. The van der Waals surface area contributed by atoms with Crippen LogP contribution >= 0.6 is 0 Å². The largest absolute Gasteiger partial charge is 0.491 e. The lowest BCUT2D eigenvalue weighted by Gasteiger charge is -2.10. The quantitative estimate of drug-likeness (QED) is 0.459. The third-order valence-electron chi connectivity index (χ3n) is 3.38. The minimum Gasteiger partial charge on any atom is -0.491 e. The summed E-state index contributed by atoms with van der Waals surface area (Å²) in [6.45, 7) is 3.96. The van der Waals surface area contributed by atoms with Gasteiger partial charge in [0.15, 0.2) is 5.75 Å². The van der Waals surface area contributed by atoms with Crippen molar-refractivity contribution in [1.82, 2.24) is 10.3 Å². The second kappa shape index (κ2) is 12.5. The summed E-state index contributed by atoms with van der Waals surface area (Å²) in [6.07, 6.45) is 4.32. The fourth-order valence-corrected chi connectivity index (χ4v) is 2.02. The van der Waals surface area contributed by atoms with E-state index in [-0.39, 0.29) is 30.3 Å². The molecule has 1 N–H and O–H groups in total. The number of pyridine rings is 1. The fourth-order valence-electron chi connectivity index (χ4n) is 2.02. The highest BCUT2D eigenvalue weighted by Crippen LogP contribution is 2.25. The highest BCUT2D eigenvalue weighted by atomic mass is 16.6. The van der Waals surface area contributed by atoms with Crippen LogP contribution in [0.15, 0.2) is 12.3 Å². The summed E-state index contributed by atoms with van der Waals surface area (Å²) in [5.41, 5.74) is 0.182. The molecule has 0 radical (unpaired) electrons. The smallest absolute Gasteiger partial charge is 0.414 e. The maximum atomic E-state index is 12.0. The molecule has 0 spiro atoms. The molecule has 150 valence electrons. The average molecular weight is 382 g/mol. The normalized spacial score (nSPS) is 10.0. The maximum absolute atomic E-state index is 12.0. The van der Waals surface area contributed by atoms with Crippen LogP contribution in [0.4, 0.5) is 4.79 Å². The molecule has 0 unspecified atom stereocenters. The summed E-state index contributed by atoms with van der Waals surface area (Å²) >= 11 is 0. The van der Waals surface area contributed by atoms with Crippen LogP contribution in [-0.2, 0) is 14.3 Å². The SMILES string of the molecule is CCCCCCOC(=O)c1cnc(OC(=O)NCC(=O)OCC)c(OC)c1. The Balaban J connectivity index is 2.59. The van der Waals surface area contributed by atoms with Crippen LogP contribution in [0, 0.1) is 0 Å². The zero-order valence-electron chi connectivity index (χ0n) is 15.9. The number of hydrogen-bond acceptors (Lipinski definition) is 8. The number of nitrogens with zero attached hydrogens (tertiary/aromatic N) is 1.